The number of fused-ring (bicyclic) bond motifs is 1. The number of ether oxygens (including phenoxy) is 2. The second-order valence-corrected chi connectivity index (χ2v) is 11.3. The molecule has 1 amide bonds. The Morgan fingerprint density at radius 2 is 2.10 bits per heavy atom. The summed E-state index contributed by atoms with van der Waals surface area (Å²) in [6.45, 7) is 5.60. The fraction of sp³-hybridized carbons (Fsp3) is 0.448. The van der Waals surface area contributed by atoms with Crippen molar-refractivity contribution in [3.05, 3.63) is 70.4 Å². The molecule has 0 bridgehead atoms. The van der Waals surface area contributed by atoms with Gasteiger partial charge >= 0.3 is 0 Å². The van der Waals surface area contributed by atoms with Gasteiger partial charge in [0.1, 0.15) is 17.3 Å². The lowest BCUT2D eigenvalue weighted by Gasteiger charge is -2.36. The summed E-state index contributed by atoms with van der Waals surface area (Å²) in [5, 5.41) is 13.8. The SMILES string of the molecule is COC[C@H]1Cn2cc(-c3cc(NC4CCOC(C)(C)C4)ncc3Cl)cc2C(=O)N1Cc1cc(F)ccc1CO. The number of hydrogen-bond acceptors (Lipinski definition) is 6. The van der Waals surface area contributed by atoms with Gasteiger partial charge in [0, 0.05) is 56.4 Å². The largest absolute Gasteiger partial charge is 0.392 e. The van der Waals surface area contributed by atoms with Crippen molar-refractivity contribution in [2.24, 2.45) is 0 Å². The topological polar surface area (TPSA) is 88.8 Å². The fourth-order valence-corrected chi connectivity index (χ4v) is 5.76. The van der Waals surface area contributed by atoms with Gasteiger partial charge in [-0.2, -0.15) is 0 Å². The molecule has 2 atom stereocenters. The highest BCUT2D eigenvalue weighted by Gasteiger charge is 2.34. The van der Waals surface area contributed by atoms with Crippen LogP contribution in [-0.4, -0.2) is 63.5 Å². The second kappa shape index (κ2) is 11.3. The Morgan fingerprint density at radius 1 is 1.28 bits per heavy atom. The van der Waals surface area contributed by atoms with E-state index in [4.69, 9.17) is 21.1 Å². The minimum Gasteiger partial charge on any atom is -0.392 e. The van der Waals surface area contributed by atoms with Crippen LogP contribution in [0.5, 0.6) is 0 Å². The van der Waals surface area contributed by atoms with Crippen LogP contribution in [0.2, 0.25) is 5.02 Å². The number of rotatable bonds is 8. The maximum Gasteiger partial charge on any atom is 0.271 e. The van der Waals surface area contributed by atoms with E-state index in [-0.39, 0.29) is 36.7 Å². The molecule has 2 aliphatic rings. The Labute approximate surface area is 232 Å². The normalized spacial score (nSPS) is 20.7. The molecular formula is C29H34ClFN4O4. The smallest absolute Gasteiger partial charge is 0.271 e. The average Bonchev–Trinajstić information content (AvgIpc) is 3.31. The van der Waals surface area contributed by atoms with Crippen molar-refractivity contribution in [1.82, 2.24) is 14.5 Å². The van der Waals surface area contributed by atoms with E-state index < -0.39 is 5.82 Å². The summed E-state index contributed by atoms with van der Waals surface area (Å²) >= 11 is 6.59. The number of aromatic nitrogens is 2. The van der Waals surface area contributed by atoms with Gasteiger partial charge in [0.25, 0.3) is 5.91 Å². The number of hydrogen-bond donors (Lipinski definition) is 2. The third kappa shape index (κ3) is 5.96. The summed E-state index contributed by atoms with van der Waals surface area (Å²) in [5.41, 5.74) is 3.04. The third-order valence-electron chi connectivity index (χ3n) is 7.48. The predicted molar refractivity (Wildman–Crippen MR) is 147 cm³/mol. The first-order chi connectivity index (χ1) is 18.7. The Kier molecular flexibility index (Phi) is 7.96. The zero-order chi connectivity index (χ0) is 27.7. The van der Waals surface area contributed by atoms with E-state index >= 15 is 0 Å². The number of pyridine rings is 1. The van der Waals surface area contributed by atoms with Crippen LogP contribution in [0.1, 0.15) is 48.3 Å². The van der Waals surface area contributed by atoms with Crippen LogP contribution < -0.4 is 5.32 Å². The summed E-state index contributed by atoms with van der Waals surface area (Å²) in [4.78, 5) is 19.9. The molecule has 2 aromatic heterocycles. The molecule has 1 saturated heterocycles. The van der Waals surface area contributed by atoms with E-state index in [1.165, 1.54) is 12.1 Å². The van der Waals surface area contributed by atoms with Gasteiger partial charge in [0.05, 0.1) is 29.9 Å². The Morgan fingerprint density at radius 3 is 2.85 bits per heavy atom. The van der Waals surface area contributed by atoms with Gasteiger partial charge in [-0.3, -0.25) is 4.79 Å². The summed E-state index contributed by atoms with van der Waals surface area (Å²) < 4.78 is 27.2. The van der Waals surface area contributed by atoms with E-state index in [1.807, 2.05) is 22.9 Å². The van der Waals surface area contributed by atoms with Gasteiger partial charge in [0.15, 0.2) is 0 Å². The molecule has 5 rings (SSSR count). The molecule has 1 aromatic carbocycles. The number of nitrogens with one attached hydrogen (secondary N) is 1. The highest BCUT2D eigenvalue weighted by molar-refractivity contribution is 6.33. The van der Waals surface area contributed by atoms with Crippen molar-refractivity contribution in [1.29, 1.82) is 0 Å². The zero-order valence-corrected chi connectivity index (χ0v) is 23.2. The molecule has 8 nitrogen and oxygen atoms in total. The average molecular weight is 557 g/mol. The maximum absolute atomic E-state index is 14.0. The van der Waals surface area contributed by atoms with Crippen LogP contribution >= 0.6 is 11.6 Å². The van der Waals surface area contributed by atoms with Gasteiger partial charge < -0.3 is 29.4 Å². The minimum absolute atomic E-state index is 0.159. The van der Waals surface area contributed by atoms with Gasteiger partial charge in [-0.05, 0) is 62.1 Å². The molecule has 2 aliphatic heterocycles. The summed E-state index contributed by atoms with van der Waals surface area (Å²) in [7, 11) is 1.59. The molecule has 0 spiro atoms. The summed E-state index contributed by atoms with van der Waals surface area (Å²) in [6, 6.07) is 7.93. The number of methoxy groups -OCH3 is 1. The quantitative estimate of drug-likeness (QED) is 0.411. The molecule has 1 unspecified atom stereocenters. The molecule has 0 aliphatic carbocycles. The van der Waals surface area contributed by atoms with Crippen molar-refractivity contribution in [3.8, 4) is 11.1 Å². The first-order valence-electron chi connectivity index (χ1n) is 13.1. The molecule has 0 radical (unpaired) electrons. The molecule has 2 N–H and O–H groups in total. The van der Waals surface area contributed by atoms with Gasteiger partial charge in [-0.1, -0.05) is 17.7 Å². The molecule has 1 fully saturated rings. The van der Waals surface area contributed by atoms with Crippen molar-refractivity contribution in [2.75, 3.05) is 25.6 Å². The number of anilines is 1. The van der Waals surface area contributed by atoms with Crippen molar-refractivity contribution in [3.63, 3.8) is 0 Å². The van der Waals surface area contributed by atoms with Crippen LogP contribution in [-0.2, 0) is 29.2 Å². The Balaban J connectivity index is 1.43. The predicted octanol–water partition coefficient (Wildman–Crippen LogP) is 4.88. The second-order valence-electron chi connectivity index (χ2n) is 10.9. The van der Waals surface area contributed by atoms with Gasteiger partial charge in [-0.25, -0.2) is 9.37 Å². The van der Waals surface area contributed by atoms with Crippen molar-refractivity contribution >= 4 is 23.3 Å². The van der Waals surface area contributed by atoms with E-state index in [2.05, 4.69) is 24.1 Å². The van der Waals surface area contributed by atoms with E-state index in [1.54, 1.807) is 24.3 Å². The van der Waals surface area contributed by atoms with Crippen LogP contribution in [0.15, 0.2) is 42.7 Å². The van der Waals surface area contributed by atoms with Crippen LogP contribution in [0.3, 0.4) is 0 Å². The van der Waals surface area contributed by atoms with Crippen molar-refractivity contribution < 1.29 is 23.8 Å². The number of amides is 1. The summed E-state index contributed by atoms with van der Waals surface area (Å²) in [5.74, 6) is 0.103. The van der Waals surface area contributed by atoms with Crippen LogP contribution in [0.4, 0.5) is 10.2 Å². The van der Waals surface area contributed by atoms with Crippen LogP contribution in [0.25, 0.3) is 11.1 Å². The van der Waals surface area contributed by atoms with Gasteiger partial charge in [-0.15, -0.1) is 0 Å². The van der Waals surface area contributed by atoms with Gasteiger partial charge in [0.2, 0.25) is 0 Å². The fourth-order valence-electron chi connectivity index (χ4n) is 5.54. The Bertz CT molecular complexity index is 1360. The molecule has 208 valence electrons. The van der Waals surface area contributed by atoms with E-state index in [9.17, 15) is 14.3 Å². The molecule has 3 aromatic rings. The number of aliphatic hydroxyl groups is 1. The standard InChI is InChI=1S/C29H34ClFN4O4/c1-29(2)11-22(6-7-39-29)33-27-10-24(25(30)12-32-27)20-9-26-28(37)35(23(17-38-3)15-34(26)13-20)14-19-8-21(31)5-4-18(19)16-36/h4-5,8-10,12-13,22-23,36H,6-7,11,14-17H2,1-3H3,(H,32,33)/t22?,23-/m1/s1. The van der Waals surface area contributed by atoms with Crippen molar-refractivity contribution in [2.45, 2.75) is 64.1 Å². The third-order valence-corrected chi connectivity index (χ3v) is 7.78. The first kappa shape index (κ1) is 27.6. The minimum atomic E-state index is -0.415. The number of aliphatic hydroxyl groups excluding tert-OH is 1. The maximum atomic E-state index is 14.0. The lowest BCUT2D eigenvalue weighted by Crippen LogP contribution is -2.49. The highest BCUT2D eigenvalue weighted by Crippen LogP contribution is 2.34. The first-order valence-corrected chi connectivity index (χ1v) is 13.5. The number of benzene rings is 1. The number of carbonyl (C=O) groups is 1. The highest BCUT2D eigenvalue weighted by atomic mass is 35.5. The molecular weight excluding hydrogens is 523 g/mol. The molecule has 4 heterocycles. The Hall–Kier alpha value is -2.98. The molecule has 0 saturated carbocycles. The monoisotopic (exact) mass is 556 g/mol. The lowest BCUT2D eigenvalue weighted by molar-refractivity contribution is -0.0553. The molecule has 39 heavy (non-hydrogen) atoms. The van der Waals surface area contributed by atoms with E-state index in [0.717, 1.165) is 24.0 Å². The van der Waals surface area contributed by atoms with E-state index in [0.29, 0.717) is 47.4 Å². The van der Waals surface area contributed by atoms with Crippen LogP contribution in [0, 0.1) is 5.82 Å². The lowest BCUT2D eigenvalue weighted by atomic mass is 9.94. The zero-order valence-electron chi connectivity index (χ0n) is 22.4. The number of carbonyl (C=O) groups excluding carboxylic acids is 1. The number of halogens is 2. The molecule has 10 heteroatoms. The number of nitrogens with zero attached hydrogens (tertiary/aromatic N) is 3. The summed E-state index contributed by atoms with van der Waals surface area (Å²) in [6.07, 6.45) is 5.31.